The number of carbonyl (C=O) groups is 3. The van der Waals surface area contributed by atoms with Crippen molar-refractivity contribution in [3.63, 3.8) is 0 Å². The Morgan fingerprint density at radius 1 is 1.13 bits per heavy atom. The minimum Gasteiger partial charge on any atom is -0.368 e. The van der Waals surface area contributed by atoms with Crippen LogP contribution in [-0.2, 0) is 20.9 Å². The van der Waals surface area contributed by atoms with Gasteiger partial charge in [0.25, 0.3) is 11.8 Å². The molecular weight excluding hydrogens is 459 g/mol. The molecule has 1 aliphatic rings. The largest absolute Gasteiger partial charge is 0.368 e. The first-order chi connectivity index (χ1) is 14.8. The van der Waals surface area contributed by atoms with Gasteiger partial charge in [0.05, 0.1) is 15.7 Å². The monoisotopic (exact) mass is 472 g/mol. The Bertz CT molecular complexity index is 1320. The molecule has 3 aromatic rings. The number of nitrogens with zero attached hydrogens (tertiary/aromatic N) is 2. The van der Waals surface area contributed by atoms with Crippen LogP contribution in [0.2, 0.25) is 10.0 Å². The number of carbonyl (C=O) groups excluding carboxylic acids is 3. The van der Waals surface area contributed by atoms with Crippen LogP contribution >= 0.6 is 35.4 Å². The third-order valence-corrected chi connectivity index (χ3v) is 5.81. The summed E-state index contributed by atoms with van der Waals surface area (Å²) >= 11 is 17.5. The van der Waals surface area contributed by atoms with Crippen molar-refractivity contribution in [2.24, 2.45) is 5.73 Å². The van der Waals surface area contributed by atoms with Crippen molar-refractivity contribution in [2.45, 2.75) is 6.54 Å². The number of benzene rings is 2. The zero-order valence-corrected chi connectivity index (χ0v) is 18.1. The maximum Gasteiger partial charge on any atom is 0.270 e. The molecule has 1 aliphatic heterocycles. The van der Waals surface area contributed by atoms with E-state index in [1.165, 1.54) is 6.08 Å². The van der Waals surface area contributed by atoms with E-state index in [0.717, 1.165) is 15.8 Å². The molecule has 1 aromatic heterocycles. The van der Waals surface area contributed by atoms with Gasteiger partial charge in [-0.15, -0.1) is 0 Å². The van der Waals surface area contributed by atoms with Gasteiger partial charge in [-0.2, -0.15) is 0 Å². The van der Waals surface area contributed by atoms with Crippen LogP contribution in [0.25, 0.3) is 17.0 Å². The van der Waals surface area contributed by atoms with Gasteiger partial charge in [0.15, 0.2) is 5.11 Å². The third kappa shape index (κ3) is 3.81. The molecule has 2 heterocycles. The minimum absolute atomic E-state index is 0.0435. The minimum atomic E-state index is -0.648. The second-order valence-corrected chi connectivity index (χ2v) is 7.90. The van der Waals surface area contributed by atoms with Crippen LogP contribution in [-0.4, -0.2) is 27.4 Å². The van der Waals surface area contributed by atoms with Gasteiger partial charge in [0, 0.05) is 22.7 Å². The molecule has 0 radical (unpaired) electrons. The summed E-state index contributed by atoms with van der Waals surface area (Å²) in [5.74, 6) is -1.81. The summed E-state index contributed by atoms with van der Waals surface area (Å²) in [7, 11) is 0. The molecule has 7 nitrogen and oxygen atoms in total. The predicted molar refractivity (Wildman–Crippen MR) is 124 cm³/mol. The van der Waals surface area contributed by atoms with E-state index in [4.69, 9.17) is 41.2 Å². The molecule has 2 aromatic carbocycles. The zero-order chi connectivity index (χ0) is 22.3. The molecule has 0 saturated carbocycles. The van der Waals surface area contributed by atoms with Gasteiger partial charge in [-0.3, -0.25) is 24.6 Å². The molecule has 0 atom stereocenters. The number of aromatic nitrogens is 1. The van der Waals surface area contributed by atoms with Gasteiger partial charge in [-0.25, -0.2) is 0 Å². The lowest BCUT2D eigenvalue weighted by atomic mass is 10.1. The topological polar surface area (TPSA) is 97.4 Å². The molecule has 1 saturated heterocycles. The van der Waals surface area contributed by atoms with E-state index < -0.39 is 17.7 Å². The van der Waals surface area contributed by atoms with E-state index in [1.54, 1.807) is 29.0 Å². The number of primary amides is 1. The first-order valence-corrected chi connectivity index (χ1v) is 10.2. The number of fused-ring (bicyclic) bond motifs is 1. The quantitative estimate of drug-likeness (QED) is 0.345. The van der Waals surface area contributed by atoms with Crippen molar-refractivity contribution in [1.29, 1.82) is 0 Å². The van der Waals surface area contributed by atoms with E-state index in [2.05, 4.69) is 5.32 Å². The van der Waals surface area contributed by atoms with Crippen molar-refractivity contribution in [1.82, 2.24) is 9.88 Å². The Morgan fingerprint density at radius 3 is 2.61 bits per heavy atom. The van der Waals surface area contributed by atoms with E-state index in [-0.39, 0.29) is 33.0 Å². The first kappa shape index (κ1) is 21.0. The van der Waals surface area contributed by atoms with Crippen LogP contribution in [0.1, 0.15) is 5.56 Å². The van der Waals surface area contributed by atoms with Crippen molar-refractivity contribution >= 4 is 80.9 Å². The van der Waals surface area contributed by atoms with Crippen LogP contribution in [0.4, 0.5) is 5.69 Å². The summed E-state index contributed by atoms with van der Waals surface area (Å²) in [6.45, 7) is -0.0435. The molecule has 156 valence electrons. The highest BCUT2D eigenvalue weighted by Gasteiger charge is 2.36. The number of rotatable bonds is 4. The Hall–Kier alpha value is -3.20. The number of nitrogens with one attached hydrogen (secondary N) is 1. The van der Waals surface area contributed by atoms with E-state index in [9.17, 15) is 14.4 Å². The molecule has 0 unspecified atom stereocenters. The lowest BCUT2D eigenvalue weighted by Gasteiger charge is -2.29. The maximum absolute atomic E-state index is 13.3. The molecule has 0 spiro atoms. The van der Waals surface area contributed by atoms with Crippen LogP contribution in [0.5, 0.6) is 0 Å². The van der Waals surface area contributed by atoms with Crippen molar-refractivity contribution in [2.75, 3.05) is 4.90 Å². The van der Waals surface area contributed by atoms with Crippen LogP contribution in [0.3, 0.4) is 0 Å². The van der Waals surface area contributed by atoms with Crippen molar-refractivity contribution < 1.29 is 14.4 Å². The molecule has 4 rings (SSSR count). The number of para-hydroxylation sites is 1. The number of amides is 3. The van der Waals surface area contributed by atoms with Crippen LogP contribution in [0.15, 0.2) is 54.2 Å². The molecule has 0 aliphatic carbocycles. The van der Waals surface area contributed by atoms with Gasteiger partial charge in [-0.05, 0) is 36.5 Å². The van der Waals surface area contributed by atoms with E-state index in [1.807, 2.05) is 24.3 Å². The van der Waals surface area contributed by atoms with Gasteiger partial charge in [-0.1, -0.05) is 47.5 Å². The summed E-state index contributed by atoms with van der Waals surface area (Å²) in [6.07, 6.45) is 3.11. The van der Waals surface area contributed by atoms with Crippen molar-refractivity contribution in [3.8, 4) is 0 Å². The average Bonchev–Trinajstić information content (AvgIpc) is 3.05. The number of nitrogens with two attached hydrogens (primary N) is 1. The highest BCUT2D eigenvalue weighted by molar-refractivity contribution is 7.80. The van der Waals surface area contributed by atoms with E-state index >= 15 is 0 Å². The number of halogens is 2. The highest BCUT2D eigenvalue weighted by Crippen LogP contribution is 2.34. The first-order valence-electron chi connectivity index (χ1n) is 8.99. The smallest absolute Gasteiger partial charge is 0.270 e. The zero-order valence-electron chi connectivity index (χ0n) is 15.8. The van der Waals surface area contributed by atoms with Gasteiger partial charge >= 0.3 is 0 Å². The predicted octanol–water partition coefficient (Wildman–Crippen LogP) is 3.26. The average molecular weight is 473 g/mol. The van der Waals surface area contributed by atoms with E-state index in [0.29, 0.717) is 5.56 Å². The lowest BCUT2D eigenvalue weighted by Crippen LogP contribution is -2.54. The molecule has 3 amide bonds. The fourth-order valence-electron chi connectivity index (χ4n) is 3.39. The van der Waals surface area contributed by atoms with Crippen LogP contribution in [0, 0.1) is 0 Å². The lowest BCUT2D eigenvalue weighted by molar-refractivity contribution is -0.122. The third-order valence-electron chi connectivity index (χ3n) is 4.72. The highest BCUT2D eigenvalue weighted by atomic mass is 35.5. The van der Waals surface area contributed by atoms with Crippen molar-refractivity contribution in [3.05, 3.63) is 69.8 Å². The molecule has 31 heavy (non-hydrogen) atoms. The number of hydrogen-bond acceptors (Lipinski definition) is 4. The summed E-state index contributed by atoms with van der Waals surface area (Å²) in [5, 5.41) is 3.53. The Labute approximate surface area is 192 Å². The van der Waals surface area contributed by atoms with Gasteiger partial charge in [0.1, 0.15) is 12.1 Å². The molecular formula is C21H14Cl2N4O3S. The van der Waals surface area contributed by atoms with Gasteiger partial charge < -0.3 is 10.3 Å². The summed E-state index contributed by atoms with van der Waals surface area (Å²) in [5.41, 5.74) is 6.76. The molecule has 10 heteroatoms. The Balaban J connectivity index is 1.83. The number of hydrogen-bond donors (Lipinski definition) is 2. The SMILES string of the molecule is NC(=O)Cn1cc(/C=C2\C(=O)NC(=S)N(c3cccc(Cl)c3Cl)C2=O)c2ccccc21. The summed E-state index contributed by atoms with van der Waals surface area (Å²) in [6, 6.07) is 12.0. The number of anilines is 1. The Morgan fingerprint density at radius 2 is 1.87 bits per heavy atom. The molecule has 3 N–H and O–H groups in total. The summed E-state index contributed by atoms with van der Waals surface area (Å²) < 4.78 is 1.66. The number of thiocarbonyl (C=S) groups is 1. The summed E-state index contributed by atoms with van der Waals surface area (Å²) in [4.78, 5) is 38.4. The second-order valence-electron chi connectivity index (χ2n) is 6.73. The van der Waals surface area contributed by atoms with Gasteiger partial charge in [0.2, 0.25) is 5.91 Å². The second kappa shape index (κ2) is 8.14. The fraction of sp³-hybridized carbons (Fsp3) is 0.0476. The molecule has 0 bridgehead atoms. The fourth-order valence-corrected chi connectivity index (χ4v) is 4.04. The standard InChI is InChI=1S/C21H14Cl2N4O3S/c22-14-5-3-7-16(18(14)23)27-20(30)13(19(29)25-21(27)31)8-11-9-26(10-17(24)28)15-6-2-1-4-12(11)15/h1-9H,10H2,(H2,24,28)(H,25,29,31)/b13-8+. The van der Waals surface area contributed by atoms with Crippen LogP contribution < -0.4 is 16.0 Å². The normalized spacial score (nSPS) is 15.6. The maximum atomic E-state index is 13.3. The molecule has 1 fully saturated rings. The Kier molecular flexibility index (Phi) is 5.53.